The molecule has 3 heterocycles. The van der Waals surface area contributed by atoms with Crippen molar-refractivity contribution in [1.29, 1.82) is 0 Å². The third-order valence-electron chi connectivity index (χ3n) is 3.45. The van der Waals surface area contributed by atoms with E-state index in [2.05, 4.69) is 14.0 Å². The van der Waals surface area contributed by atoms with Gasteiger partial charge in [0, 0.05) is 23.6 Å². The molecule has 0 aromatic rings. The summed E-state index contributed by atoms with van der Waals surface area (Å²) in [5.41, 5.74) is 2.41. The molecule has 0 aromatic carbocycles. The van der Waals surface area contributed by atoms with Crippen LogP contribution in [0.15, 0.2) is 14.0 Å². The molecule has 0 fully saturated rings. The van der Waals surface area contributed by atoms with Crippen molar-refractivity contribution in [2.75, 3.05) is 11.5 Å². The van der Waals surface area contributed by atoms with E-state index in [4.69, 9.17) is 4.84 Å². The molecular weight excluding hydrogens is 266 g/mol. The van der Waals surface area contributed by atoms with E-state index in [0.29, 0.717) is 5.92 Å². The van der Waals surface area contributed by atoms with E-state index in [1.807, 2.05) is 6.21 Å². The van der Waals surface area contributed by atoms with E-state index in [1.165, 1.54) is 17.8 Å². The van der Waals surface area contributed by atoms with Gasteiger partial charge in [-0.2, -0.15) is 0 Å². The van der Waals surface area contributed by atoms with Crippen LogP contribution >= 0.6 is 23.9 Å². The van der Waals surface area contributed by atoms with Gasteiger partial charge in [-0.1, -0.05) is 5.16 Å². The van der Waals surface area contributed by atoms with Crippen LogP contribution in [0.2, 0.25) is 0 Å². The third kappa shape index (κ3) is 2.91. The molecule has 3 aliphatic heterocycles. The number of nitrogens with zero attached hydrogens (tertiary/aromatic N) is 3. The first kappa shape index (κ1) is 12.5. The van der Waals surface area contributed by atoms with Crippen molar-refractivity contribution >= 4 is 41.5 Å². The quantitative estimate of drug-likeness (QED) is 0.731. The monoisotopic (exact) mass is 283 g/mol. The molecule has 18 heavy (non-hydrogen) atoms. The summed E-state index contributed by atoms with van der Waals surface area (Å²) >= 11 is 3.34. The predicted octanol–water partition coefficient (Wildman–Crippen LogP) is 3.14. The Kier molecular flexibility index (Phi) is 4.25. The van der Waals surface area contributed by atoms with Crippen molar-refractivity contribution in [1.82, 2.24) is 0 Å². The Morgan fingerprint density at radius 3 is 2.94 bits per heavy atom. The Morgan fingerprint density at radius 1 is 1.22 bits per heavy atom. The van der Waals surface area contributed by atoms with Gasteiger partial charge in [-0.05, 0) is 56.0 Å². The van der Waals surface area contributed by atoms with Crippen molar-refractivity contribution in [3.05, 3.63) is 0 Å². The average molecular weight is 283 g/mol. The third-order valence-corrected chi connectivity index (χ3v) is 5.20. The molecule has 6 heteroatoms. The normalized spacial score (nSPS) is 32.4. The van der Waals surface area contributed by atoms with Gasteiger partial charge in [0.2, 0.25) is 0 Å². The Hall–Kier alpha value is -0.490. The van der Waals surface area contributed by atoms with Crippen LogP contribution in [0, 0.1) is 5.92 Å². The minimum atomic E-state index is 0.268. The molecule has 0 aromatic heterocycles. The topological polar surface area (TPSA) is 46.3 Å². The lowest BCUT2D eigenvalue weighted by Crippen LogP contribution is -2.33. The molecule has 0 N–H and O–H groups in total. The van der Waals surface area contributed by atoms with Crippen molar-refractivity contribution in [3.63, 3.8) is 0 Å². The second kappa shape index (κ2) is 6.10. The number of oxime groups is 1. The zero-order chi connectivity index (χ0) is 12.2. The van der Waals surface area contributed by atoms with Crippen molar-refractivity contribution < 1.29 is 4.84 Å². The molecule has 0 aliphatic carbocycles. The van der Waals surface area contributed by atoms with Crippen LogP contribution in [0.1, 0.15) is 32.1 Å². The van der Waals surface area contributed by atoms with Crippen LogP contribution in [-0.4, -0.2) is 35.2 Å². The van der Waals surface area contributed by atoms with Gasteiger partial charge in [-0.3, -0.25) is 0 Å². The first-order valence-electron chi connectivity index (χ1n) is 6.49. The molecule has 4 nitrogen and oxygen atoms in total. The van der Waals surface area contributed by atoms with Gasteiger partial charge in [0.05, 0.1) is 11.4 Å². The summed E-state index contributed by atoms with van der Waals surface area (Å²) in [7, 11) is 0. The Balaban J connectivity index is 1.65. The molecular formula is C12H17N3OS2. The molecule has 2 atom stereocenters. The first-order chi connectivity index (χ1) is 8.93. The Bertz CT molecular complexity index is 395. The lowest BCUT2D eigenvalue weighted by molar-refractivity contribution is 0.0126. The van der Waals surface area contributed by atoms with E-state index in [1.54, 1.807) is 23.9 Å². The van der Waals surface area contributed by atoms with E-state index < -0.39 is 0 Å². The molecule has 2 unspecified atom stereocenters. The predicted molar refractivity (Wildman–Crippen MR) is 79.7 cm³/mol. The van der Waals surface area contributed by atoms with Crippen LogP contribution in [0.25, 0.3) is 0 Å². The van der Waals surface area contributed by atoms with Gasteiger partial charge in [-0.25, -0.2) is 8.80 Å². The van der Waals surface area contributed by atoms with Crippen molar-refractivity contribution in [3.8, 4) is 0 Å². The largest absolute Gasteiger partial charge is 0.392 e. The zero-order valence-corrected chi connectivity index (χ0v) is 11.9. The minimum Gasteiger partial charge on any atom is -0.392 e. The van der Waals surface area contributed by atoms with Gasteiger partial charge >= 0.3 is 0 Å². The second-order valence-electron chi connectivity index (χ2n) is 4.78. The molecule has 0 spiro atoms. The van der Waals surface area contributed by atoms with Crippen molar-refractivity contribution in [2.45, 2.75) is 38.2 Å². The van der Waals surface area contributed by atoms with Gasteiger partial charge in [0.25, 0.3) is 0 Å². The van der Waals surface area contributed by atoms with E-state index >= 15 is 0 Å². The van der Waals surface area contributed by atoms with Crippen LogP contribution in [0.3, 0.4) is 0 Å². The lowest BCUT2D eigenvalue weighted by Gasteiger charge is -2.29. The first-order valence-corrected chi connectivity index (χ1v) is 8.37. The Morgan fingerprint density at radius 2 is 2.17 bits per heavy atom. The summed E-state index contributed by atoms with van der Waals surface area (Å²) in [6, 6.07) is 0. The summed E-state index contributed by atoms with van der Waals surface area (Å²) in [6.07, 6.45) is 7.57. The summed E-state index contributed by atoms with van der Waals surface area (Å²) in [6.45, 7) is 0. The standard InChI is InChI=1S/C12H17N3OS2/c1-4-12(16-13-5-1)9-7-11(15-18-8-9)10-3-2-6-17-14-10/h5,9,12H,1-4,6-8H2. The van der Waals surface area contributed by atoms with Gasteiger partial charge in [0.1, 0.15) is 6.10 Å². The molecule has 0 radical (unpaired) electrons. The highest BCUT2D eigenvalue weighted by Gasteiger charge is 2.30. The smallest absolute Gasteiger partial charge is 0.131 e. The highest BCUT2D eigenvalue weighted by Crippen LogP contribution is 2.30. The highest BCUT2D eigenvalue weighted by molar-refractivity contribution is 7.98. The molecule has 3 aliphatic rings. The molecule has 0 bridgehead atoms. The van der Waals surface area contributed by atoms with Gasteiger partial charge < -0.3 is 4.84 Å². The van der Waals surface area contributed by atoms with E-state index in [0.717, 1.165) is 37.2 Å². The summed E-state index contributed by atoms with van der Waals surface area (Å²) in [5.74, 6) is 2.73. The fourth-order valence-corrected chi connectivity index (χ4v) is 4.07. The van der Waals surface area contributed by atoms with Crippen LogP contribution in [0.4, 0.5) is 0 Å². The number of hydrogen-bond acceptors (Lipinski definition) is 6. The average Bonchev–Trinajstić information content (AvgIpc) is 2.49. The van der Waals surface area contributed by atoms with Crippen LogP contribution < -0.4 is 0 Å². The molecule has 3 rings (SSSR count). The fourth-order valence-electron chi connectivity index (χ4n) is 2.42. The van der Waals surface area contributed by atoms with Gasteiger partial charge in [0.15, 0.2) is 0 Å². The molecule has 98 valence electrons. The SMILES string of the molecule is C1=NOC(C2CSN=C(C3=NSCCC3)C2)CC1. The molecule has 0 saturated heterocycles. The van der Waals surface area contributed by atoms with Crippen molar-refractivity contribution in [2.24, 2.45) is 19.9 Å². The highest BCUT2D eigenvalue weighted by atomic mass is 32.2. The number of rotatable bonds is 2. The number of hydrogen-bond donors (Lipinski definition) is 0. The molecule has 0 amide bonds. The Labute approximate surface area is 116 Å². The van der Waals surface area contributed by atoms with E-state index in [-0.39, 0.29) is 6.10 Å². The maximum absolute atomic E-state index is 5.51. The minimum absolute atomic E-state index is 0.268. The summed E-state index contributed by atoms with van der Waals surface area (Å²) in [4.78, 5) is 5.51. The maximum atomic E-state index is 5.51. The van der Waals surface area contributed by atoms with Crippen LogP contribution in [-0.2, 0) is 4.84 Å². The lowest BCUT2D eigenvalue weighted by atomic mass is 9.92. The summed E-state index contributed by atoms with van der Waals surface area (Å²) < 4.78 is 9.14. The maximum Gasteiger partial charge on any atom is 0.131 e. The fraction of sp³-hybridized carbons (Fsp3) is 0.750. The van der Waals surface area contributed by atoms with E-state index in [9.17, 15) is 0 Å². The zero-order valence-electron chi connectivity index (χ0n) is 10.2. The van der Waals surface area contributed by atoms with Gasteiger partial charge in [-0.15, -0.1) is 0 Å². The summed E-state index contributed by atoms with van der Waals surface area (Å²) in [5, 5.41) is 3.96. The second-order valence-corrected chi connectivity index (χ2v) is 6.41. The van der Waals surface area contributed by atoms with Crippen LogP contribution in [0.5, 0.6) is 0 Å². The molecule has 0 saturated carbocycles.